The molecule has 0 radical (unpaired) electrons. The van der Waals surface area contributed by atoms with E-state index < -0.39 is 0 Å². The van der Waals surface area contributed by atoms with Crippen LogP contribution in [0.3, 0.4) is 0 Å². The molecule has 5 nitrogen and oxygen atoms in total. The van der Waals surface area contributed by atoms with Crippen molar-refractivity contribution in [2.24, 2.45) is 0 Å². The van der Waals surface area contributed by atoms with Crippen LogP contribution >= 0.6 is 27.7 Å². The Morgan fingerprint density at radius 3 is 2.70 bits per heavy atom. The van der Waals surface area contributed by atoms with Crippen LogP contribution in [-0.4, -0.2) is 40.2 Å². The van der Waals surface area contributed by atoms with Gasteiger partial charge in [0.2, 0.25) is 17.7 Å². The summed E-state index contributed by atoms with van der Waals surface area (Å²) >= 11 is 4.59. The van der Waals surface area contributed by atoms with Crippen molar-refractivity contribution in [2.45, 2.75) is 12.2 Å². The predicted molar refractivity (Wildman–Crippen MR) is 81.4 cm³/mol. The molecule has 1 aliphatic heterocycles. The molecule has 0 aromatic heterocycles. The number of nitrogens with zero attached hydrogens (tertiary/aromatic N) is 1. The fourth-order valence-electron chi connectivity index (χ4n) is 1.73. The Morgan fingerprint density at radius 2 is 2.05 bits per heavy atom. The van der Waals surface area contributed by atoms with Crippen molar-refractivity contribution in [1.29, 1.82) is 0 Å². The molecule has 0 unspecified atom stereocenters. The number of benzene rings is 1. The summed E-state index contributed by atoms with van der Waals surface area (Å²) in [6.45, 7) is 1.50. The molecule has 1 atom stereocenters. The van der Waals surface area contributed by atoms with Crippen molar-refractivity contribution in [3.8, 4) is 0 Å². The van der Waals surface area contributed by atoms with Gasteiger partial charge < -0.3 is 5.32 Å². The standard InChI is InChI=1S/C13H13BrN2O3S/c1-8-13(19)16(12(18)7-20-8)6-11(17)15-10-4-2-9(14)3-5-10/h2-5,8H,6-7H2,1H3,(H,15,17)/t8-/m0/s1. The molecule has 0 aliphatic carbocycles. The van der Waals surface area contributed by atoms with Crippen molar-refractivity contribution in [3.63, 3.8) is 0 Å². The van der Waals surface area contributed by atoms with E-state index >= 15 is 0 Å². The fourth-order valence-corrected chi connectivity index (χ4v) is 2.81. The molecular weight excluding hydrogens is 344 g/mol. The zero-order valence-electron chi connectivity index (χ0n) is 10.8. The van der Waals surface area contributed by atoms with E-state index in [2.05, 4.69) is 21.2 Å². The third-order valence-corrected chi connectivity index (χ3v) is 4.45. The Bertz CT molecular complexity index is 547. The number of thioether (sulfide) groups is 1. The minimum absolute atomic E-state index is 0.235. The lowest BCUT2D eigenvalue weighted by Gasteiger charge is -2.27. The Balaban J connectivity index is 1.98. The Kier molecular flexibility index (Phi) is 4.82. The SMILES string of the molecule is C[C@@H]1SCC(=O)N(CC(=O)Nc2ccc(Br)cc2)C1=O. The highest BCUT2D eigenvalue weighted by Crippen LogP contribution is 2.20. The maximum Gasteiger partial charge on any atom is 0.244 e. The van der Waals surface area contributed by atoms with Crippen molar-refractivity contribution in [3.05, 3.63) is 28.7 Å². The largest absolute Gasteiger partial charge is 0.325 e. The van der Waals surface area contributed by atoms with Gasteiger partial charge in [-0.05, 0) is 31.2 Å². The van der Waals surface area contributed by atoms with Crippen LogP contribution < -0.4 is 5.32 Å². The molecule has 0 bridgehead atoms. The maximum absolute atomic E-state index is 11.9. The molecule has 0 spiro atoms. The van der Waals surface area contributed by atoms with Crippen LogP contribution in [0.4, 0.5) is 5.69 Å². The first-order chi connectivity index (χ1) is 9.47. The molecule has 0 saturated carbocycles. The van der Waals surface area contributed by atoms with Crippen LogP contribution in [0.1, 0.15) is 6.92 Å². The van der Waals surface area contributed by atoms with Gasteiger partial charge >= 0.3 is 0 Å². The van der Waals surface area contributed by atoms with Crippen molar-refractivity contribution >= 4 is 51.1 Å². The second-order valence-electron chi connectivity index (χ2n) is 4.33. The molecule has 1 aliphatic rings. The van der Waals surface area contributed by atoms with Crippen molar-refractivity contribution in [2.75, 3.05) is 17.6 Å². The lowest BCUT2D eigenvalue weighted by Crippen LogP contribution is -2.49. The van der Waals surface area contributed by atoms with Gasteiger partial charge in [0.1, 0.15) is 6.54 Å². The molecule has 3 amide bonds. The van der Waals surface area contributed by atoms with E-state index in [0.717, 1.165) is 9.37 Å². The molecule has 106 valence electrons. The number of nitrogens with one attached hydrogen (secondary N) is 1. The number of carbonyl (C=O) groups excluding carboxylic acids is 3. The quantitative estimate of drug-likeness (QED) is 0.839. The van der Waals surface area contributed by atoms with E-state index in [9.17, 15) is 14.4 Å². The zero-order chi connectivity index (χ0) is 14.7. The topological polar surface area (TPSA) is 66.5 Å². The summed E-state index contributed by atoms with van der Waals surface area (Å²) in [6.07, 6.45) is 0. The Labute approximate surface area is 129 Å². The van der Waals surface area contributed by atoms with Gasteiger partial charge in [0.25, 0.3) is 0 Å². The summed E-state index contributed by atoms with van der Waals surface area (Å²) in [5.41, 5.74) is 0.623. The van der Waals surface area contributed by atoms with Gasteiger partial charge in [0, 0.05) is 10.2 Å². The van der Waals surface area contributed by atoms with E-state index in [-0.39, 0.29) is 35.3 Å². The average molecular weight is 357 g/mol. The molecule has 1 aromatic carbocycles. The highest BCUT2D eigenvalue weighted by molar-refractivity contribution is 9.10. The number of hydrogen-bond donors (Lipinski definition) is 1. The third kappa shape index (κ3) is 3.61. The van der Waals surface area contributed by atoms with Crippen LogP contribution in [0.25, 0.3) is 0 Å². The lowest BCUT2D eigenvalue weighted by atomic mass is 10.3. The minimum Gasteiger partial charge on any atom is -0.325 e. The van der Waals surface area contributed by atoms with Gasteiger partial charge in [-0.3, -0.25) is 19.3 Å². The van der Waals surface area contributed by atoms with Crippen LogP contribution in [0.2, 0.25) is 0 Å². The van der Waals surface area contributed by atoms with Gasteiger partial charge in [0.05, 0.1) is 11.0 Å². The van der Waals surface area contributed by atoms with Crippen molar-refractivity contribution in [1.82, 2.24) is 4.90 Å². The maximum atomic E-state index is 11.9. The Hall–Kier alpha value is -1.34. The summed E-state index contributed by atoms with van der Waals surface area (Å²) in [5.74, 6) is -0.771. The van der Waals surface area contributed by atoms with Gasteiger partial charge in [-0.25, -0.2) is 0 Å². The number of amides is 3. The first-order valence-corrected chi connectivity index (χ1v) is 7.83. The molecule has 1 saturated heterocycles. The summed E-state index contributed by atoms with van der Waals surface area (Å²) < 4.78 is 0.905. The third-order valence-electron chi connectivity index (χ3n) is 2.80. The molecule has 1 N–H and O–H groups in total. The number of rotatable bonds is 3. The van der Waals surface area contributed by atoms with E-state index in [0.29, 0.717) is 5.69 Å². The molecular formula is C13H13BrN2O3S. The smallest absolute Gasteiger partial charge is 0.244 e. The summed E-state index contributed by atoms with van der Waals surface area (Å²) in [6, 6.07) is 7.07. The number of hydrogen-bond acceptors (Lipinski definition) is 4. The van der Waals surface area contributed by atoms with Crippen molar-refractivity contribution < 1.29 is 14.4 Å². The van der Waals surface area contributed by atoms with E-state index in [1.165, 1.54) is 11.8 Å². The summed E-state index contributed by atoms with van der Waals surface area (Å²) in [7, 11) is 0. The predicted octanol–water partition coefficient (Wildman–Crippen LogP) is 1.88. The first kappa shape index (κ1) is 15.1. The van der Waals surface area contributed by atoms with Crippen LogP contribution in [-0.2, 0) is 14.4 Å². The number of halogens is 1. The lowest BCUT2D eigenvalue weighted by molar-refractivity contribution is -0.145. The molecule has 1 aromatic rings. The highest BCUT2D eigenvalue weighted by Gasteiger charge is 2.33. The van der Waals surface area contributed by atoms with Crippen LogP contribution in [0, 0.1) is 0 Å². The minimum atomic E-state index is -0.381. The Morgan fingerprint density at radius 1 is 1.40 bits per heavy atom. The molecule has 20 heavy (non-hydrogen) atoms. The molecule has 2 rings (SSSR count). The monoisotopic (exact) mass is 356 g/mol. The van der Waals surface area contributed by atoms with Crippen LogP contribution in [0.15, 0.2) is 28.7 Å². The average Bonchev–Trinajstić information content (AvgIpc) is 2.42. The summed E-state index contributed by atoms with van der Waals surface area (Å²) in [4.78, 5) is 36.5. The van der Waals surface area contributed by atoms with Gasteiger partial charge in [-0.15, -0.1) is 11.8 Å². The normalized spacial score (nSPS) is 19.1. The zero-order valence-corrected chi connectivity index (χ0v) is 13.2. The van der Waals surface area contributed by atoms with Gasteiger partial charge in [-0.1, -0.05) is 15.9 Å². The van der Waals surface area contributed by atoms with E-state index in [1.54, 1.807) is 31.2 Å². The molecule has 7 heteroatoms. The molecule has 1 heterocycles. The van der Waals surface area contributed by atoms with Gasteiger partial charge in [-0.2, -0.15) is 0 Å². The second kappa shape index (κ2) is 6.41. The number of imide groups is 1. The first-order valence-electron chi connectivity index (χ1n) is 5.98. The van der Waals surface area contributed by atoms with Gasteiger partial charge in [0.15, 0.2) is 0 Å². The number of carbonyl (C=O) groups is 3. The van der Waals surface area contributed by atoms with Crippen LogP contribution in [0.5, 0.6) is 0 Å². The summed E-state index contributed by atoms with van der Waals surface area (Å²) in [5, 5.41) is 2.38. The van der Waals surface area contributed by atoms with E-state index in [1.807, 2.05) is 0 Å². The second-order valence-corrected chi connectivity index (χ2v) is 6.57. The number of anilines is 1. The molecule has 1 fully saturated rings. The highest BCUT2D eigenvalue weighted by atomic mass is 79.9. The van der Waals surface area contributed by atoms with E-state index in [4.69, 9.17) is 0 Å². The fraction of sp³-hybridized carbons (Fsp3) is 0.308.